The second-order valence-electron chi connectivity index (χ2n) is 6.22. The van der Waals surface area contributed by atoms with Crippen molar-refractivity contribution < 1.29 is 5.11 Å². The lowest BCUT2D eigenvalue weighted by atomic mass is 10.1. The fourth-order valence-corrected chi connectivity index (χ4v) is 3.57. The Hall–Kier alpha value is -1.69. The fraction of sp³-hybridized carbons (Fsp3) is 0.471. The van der Waals surface area contributed by atoms with E-state index >= 15 is 0 Å². The van der Waals surface area contributed by atoms with Crippen molar-refractivity contribution in [1.82, 2.24) is 14.8 Å². The van der Waals surface area contributed by atoms with Crippen LogP contribution in [0.4, 0.5) is 5.82 Å². The number of benzene rings is 1. The Balaban J connectivity index is 1.53. The number of aliphatic hydroxyl groups excluding tert-OH is 1. The van der Waals surface area contributed by atoms with Gasteiger partial charge in [-0.25, -0.2) is 4.98 Å². The second kappa shape index (κ2) is 5.83. The molecule has 3 fully saturated rings. The average Bonchev–Trinajstić information content (AvgIpc) is 2.60. The Kier molecular flexibility index (Phi) is 3.70. The monoisotopic (exact) mass is 298 g/mol. The molecule has 5 rings (SSSR count). The van der Waals surface area contributed by atoms with Gasteiger partial charge >= 0.3 is 0 Å². The highest BCUT2D eigenvalue weighted by Crippen LogP contribution is 2.22. The van der Waals surface area contributed by atoms with Gasteiger partial charge in [-0.2, -0.15) is 0 Å². The van der Waals surface area contributed by atoms with Crippen LogP contribution in [0.3, 0.4) is 0 Å². The number of aliphatic hydroxyl groups is 1. The van der Waals surface area contributed by atoms with E-state index in [0.29, 0.717) is 6.04 Å². The van der Waals surface area contributed by atoms with Gasteiger partial charge in [0.15, 0.2) is 0 Å². The van der Waals surface area contributed by atoms with Crippen molar-refractivity contribution >= 4 is 16.7 Å². The molecule has 1 aromatic heterocycles. The molecule has 2 N–H and O–H groups in total. The maximum atomic E-state index is 9.62. The minimum atomic E-state index is 0.0146. The molecule has 3 saturated heterocycles. The van der Waals surface area contributed by atoms with Crippen molar-refractivity contribution in [3.8, 4) is 0 Å². The van der Waals surface area contributed by atoms with Crippen molar-refractivity contribution in [2.24, 2.45) is 0 Å². The van der Waals surface area contributed by atoms with E-state index in [9.17, 15) is 5.11 Å². The van der Waals surface area contributed by atoms with Crippen molar-refractivity contribution in [1.29, 1.82) is 0 Å². The molecule has 2 bridgehead atoms. The number of nitrogens with zero attached hydrogens (tertiary/aromatic N) is 3. The van der Waals surface area contributed by atoms with Crippen LogP contribution in [0.15, 0.2) is 30.3 Å². The summed E-state index contributed by atoms with van der Waals surface area (Å²) in [6, 6.07) is 10.6. The minimum absolute atomic E-state index is 0.0146. The first-order valence-corrected chi connectivity index (χ1v) is 8.03. The highest BCUT2D eigenvalue weighted by molar-refractivity contribution is 5.81. The highest BCUT2D eigenvalue weighted by atomic mass is 16.3. The summed E-state index contributed by atoms with van der Waals surface area (Å²) in [7, 11) is 0. The molecule has 0 amide bonds. The maximum absolute atomic E-state index is 9.62. The second-order valence-corrected chi connectivity index (χ2v) is 6.22. The lowest BCUT2D eigenvalue weighted by Crippen LogP contribution is -2.62. The summed E-state index contributed by atoms with van der Waals surface area (Å²) in [6.07, 6.45) is 0. The Morgan fingerprint density at radius 2 is 2.00 bits per heavy atom. The van der Waals surface area contributed by atoms with Gasteiger partial charge in [0.2, 0.25) is 0 Å². The normalized spacial score (nSPS) is 27.2. The number of pyridine rings is 1. The quantitative estimate of drug-likeness (QED) is 0.886. The number of piperazine rings is 3. The van der Waals surface area contributed by atoms with Gasteiger partial charge in [-0.3, -0.25) is 9.80 Å². The van der Waals surface area contributed by atoms with Crippen LogP contribution in [0.25, 0.3) is 10.9 Å². The van der Waals surface area contributed by atoms with Gasteiger partial charge in [-0.15, -0.1) is 0 Å². The number of hydrogen-bond donors (Lipinski definition) is 2. The summed E-state index contributed by atoms with van der Waals surface area (Å²) in [4.78, 5) is 9.79. The van der Waals surface area contributed by atoms with Crippen molar-refractivity contribution in [3.05, 3.63) is 35.9 Å². The van der Waals surface area contributed by atoms with E-state index in [2.05, 4.69) is 20.1 Å². The predicted octanol–water partition coefficient (Wildman–Crippen LogP) is 1.14. The number of aromatic nitrogens is 1. The van der Waals surface area contributed by atoms with Crippen molar-refractivity contribution in [2.75, 3.05) is 44.6 Å². The third-order valence-electron chi connectivity index (χ3n) is 4.87. The van der Waals surface area contributed by atoms with E-state index < -0.39 is 0 Å². The summed E-state index contributed by atoms with van der Waals surface area (Å²) in [5, 5.41) is 14.2. The van der Waals surface area contributed by atoms with Gasteiger partial charge in [-0.1, -0.05) is 18.2 Å². The van der Waals surface area contributed by atoms with Gasteiger partial charge in [0.05, 0.1) is 12.1 Å². The van der Waals surface area contributed by atoms with Crippen LogP contribution in [0.1, 0.15) is 5.56 Å². The van der Waals surface area contributed by atoms with E-state index in [1.165, 1.54) is 26.2 Å². The van der Waals surface area contributed by atoms with Gasteiger partial charge in [-0.05, 0) is 12.1 Å². The van der Waals surface area contributed by atoms with Crippen molar-refractivity contribution in [2.45, 2.75) is 12.6 Å². The van der Waals surface area contributed by atoms with Crippen LogP contribution in [-0.4, -0.2) is 65.2 Å². The molecule has 3 aliphatic rings. The number of para-hydroxylation sites is 1. The van der Waals surface area contributed by atoms with Gasteiger partial charge < -0.3 is 10.4 Å². The lowest BCUT2D eigenvalue weighted by molar-refractivity contribution is 0.0189. The standard InChI is InChI=1S/C17H22N4O/c22-12-14-9-13-3-1-2-4-16(13)19-17(14)18-10-15-11-20-5-7-21(15)8-6-20/h1-4,9,15,22H,5-8,10-12H2,(H,18,19). The van der Waals surface area contributed by atoms with Gasteiger partial charge in [0.1, 0.15) is 5.82 Å². The van der Waals surface area contributed by atoms with Crippen LogP contribution in [0.2, 0.25) is 0 Å². The summed E-state index contributed by atoms with van der Waals surface area (Å²) in [6.45, 7) is 6.78. The molecule has 1 atom stereocenters. The van der Waals surface area contributed by atoms with E-state index in [1.54, 1.807) is 0 Å². The Morgan fingerprint density at radius 3 is 2.73 bits per heavy atom. The summed E-state index contributed by atoms with van der Waals surface area (Å²) in [5.41, 5.74) is 1.84. The minimum Gasteiger partial charge on any atom is -0.392 e. The van der Waals surface area contributed by atoms with Crippen LogP contribution >= 0.6 is 0 Å². The highest BCUT2D eigenvalue weighted by Gasteiger charge is 2.31. The zero-order valence-corrected chi connectivity index (χ0v) is 12.7. The molecule has 0 saturated carbocycles. The Labute approximate surface area is 130 Å². The average molecular weight is 298 g/mol. The molecule has 3 aliphatic heterocycles. The maximum Gasteiger partial charge on any atom is 0.132 e. The lowest BCUT2D eigenvalue weighted by Gasteiger charge is -2.47. The molecule has 1 unspecified atom stereocenters. The summed E-state index contributed by atoms with van der Waals surface area (Å²) < 4.78 is 0. The van der Waals surface area contributed by atoms with E-state index in [0.717, 1.165) is 35.4 Å². The molecule has 5 heteroatoms. The molecule has 0 spiro atoms. The van der Waals surface area contributed by atoms with Gasteiger partial charge in [0, 0.05) is 56.3 Å². The zero-order valence-electron chi connectivity index (χ0n) is 12.7. The largest absolute Gasteiger partial charge is 0.392 e. The molecule has 5 nitrogen and oxygen atoms in total. The SMILES string of the molecule is OCc1cc2ccccc2nc1NCC1CN2CCN1CC2. The smallest absolute Gasteiger partial charge is 0.132 e. The summed E-state index contributed by atoms with van der Waals surface area (Å²) in [5.74, 6) is 0.818. The van der Waals surface area contributed by atoms with Crippen LogP contribution in [0.5, 0.6) is 0 Å². The molecule has 2 aromatic rings. The summed E-state index contributed by atoms with van der Waals surface area (Å²) >= 11 is 0. The van der Waals surface area contributed by atoms with Crippen LogP contribution in [0, 0.1) is 0 Å². The molecule has 4 heterocycles. The number of anilines is 1. The molecule has 22 heavy (non-hydrogen) atoms. The Morgan fingerprint density at radius 1 is 1.18 bits per heavy atom. The number of hydrogen-bond acceptors (Lipinski definition) is 5. The fourth-order valence-electron chi connectivity index (χ4n) is 3.57. The van der Waals surface area contributed by atoms with Crippen LogP contribution in [-0.2, 0) is 6.61 Å². The molecular formula is C17H22N4O. The number of fused-ring (bicyclic) bond motifs is 4. The first-order valence-electron chi connectivity index (χ1n) is 8.03. The predicted molar refractivity (Wildman–Crippen MR) is 88.0 cm³/mol. The molecular weight excluding hydrogens is 276 g/mol. The number of nitrogens with one attached hydrogen (secondary N) is 1. The van der Waals surface area contributed by atoms with E-state index in [4.69, 9.17) is 0 Å². The molecule has 0 aliphatic carbocycles. The van der Waals surface area contributed by atoms with Gasteiger partial charge in [0.25, 0.3) is 0 Å². The zero-order chi connectivity index (χ0) is 14.9. The van der Waals surface area contributed by atoms with Crippen LogP contribution < -0.4 is 5.32 Å². The van der Waals surface area contributed by atoms with E-state index in [1.807, 2.05) is 30.3 Å². The van der Waals surface area contributed by atoms with Crippen molar-refractivity contribution in [3.63, 3.8) is 0 Å². The van der Waals surface area contributed by atoms with E-state index in [-0.39, 0.29) is 6.61 Å². The Bertz CT molecular complexity index is 667. The molecule has 116 valence electrons. The topological polar surface area (TPSA) is 51.6 Å². The first kappa shape index (κ1) is 13.9. The third-order valence-corrected chi connectivity index (χ3v) is 4.87. The third kappa shape index (κ3) is 2.56. The molecule has 1 aromatic carbocycles. The molecule has 0 radical (unpaired) electrons. The number of rotatable bonds is 4. The first-order chi connectivity index (χ1) is 10.8.